The molecule has 0 spiro atoms. The second-order valence-corrected chi connectivity index (χ2v) is 7.33. The van der Waals surface area contributed by atoms with Crippen molar-refractivity contribution in [1.82, 2.24) is 4.98 Å². The number of amides is 1. The van der Waals surface area contributed by atoms with Gasteiger partial charge in [0, 0.05) is 17.3 Å². The molecule has 0 aliphatic carbocycles. The fraction of sp³-hybridized carbons (Fsp3) is 0.167. The molecule has 28 heavy (non-hydrogen) atoms. The Kier molecular flexibility index (Phi) is 5.44. The van der Waals surface area contributed by atoms with E-state index in [2.05, 4.69) is 14.6 Å². The molecule has 0 radical (unpaired) electrons. The van der Waals surface area contributed by atoms with Gasteiger partial charge in [0.25, 0.3) is 5.91 Å². The summed E-state index contributed by atoms with van der Waals surface area (Å²) >= 11 is 0. The van der Waals surface area contributed by atoms with E-state index < -0.39 is 14.4 Å². The lowest BCUT2D eigenvalue weighted by Gasteiger charge is -2.13. The number of benzene rings is 1. The fourth-order valence-corrected chi connectivity index (χ4v) is 2.96. The van der Waals surface area contributed by atoms with Crippen molar-refractivity contribution in [3.05, 3.63) is 58.9 Å². The van der Waals surface area contributed by atoms with Gasteiger partial charge in [-0.3, -0.25) is 14.3 Å². The van der Waals surface area contributed by atoms with Crippen LogP contribution in [0.25, 0.3) is 6.08 Å². The number of rotatable bonds is 5. The summed E-state index contributed by atoms with van der Waals surface area (Å²) < 4.78 is 15.5. The molecule has 0 atom stereocenters. The summed E-state index contributed by atoms with van der Waals surface area (Å²) in [4.78, 5) is 34.7. The Hall–Kier alpha value is -2.84. The molecule has 0 bridgehead atoms. The molecule has 146 valence electrons. The van der Waals surface area contributed by atoms with E-state index in [1.54, 1.807) is 38.1 Å². The van der Waals surface area contributed by atoms with Crippen LogP contribution in [0.15, 0.2) is 47.2 Å². The first kappa shape index (κ1) is 19.9. The molecule has 2 heterocycles. The number of carbonyl (C=O) groups excluding carboxylic acids is 1. The highest BCUT2D eigenvalue weighted by molar-refractivity contribution is 7.46. The second-order valence-electron chi connectivity index (χ2n) is 6.09. The van der Waals surface area contributed by atoms with Gasteiger partial charge in [0.15, 0.2) is 0 Å². The predicted octanol–water partition coefficient (Wildman–Crippen LogP) is 2.51. The van der Waals surface area contributed by atoms with Crippen molar-refractivity contribution in [2.24, 2.45) is 5.10 Å². The number of pyridine rings is 1. The first-order valence-corrected chi connectivity index (χ1v) is 9.74. The smallest absolute Gasteiger partial charge is 0.469 e. The molecule has 1 aliphatic rings. The lowest BCUT2D eigenvalue weighted by atomic mass is 10.0. The SMILES string of the molecule is CC1=NN(c2ccccc2)C(=O)/C1=C/c1c(COP(=O)(O)O)cnc(C)c1O. The van der Waals surface area contributed by atoms with Crippen LogP contribution in [-0.4, -0.2) is 31.5 Å². The zero-order valence-corrected chi connectivity index (χ0v) is 16.0. The van der Waals surface area contributed by atoms with Crippen LogP contribution >= 0.6 is 7.82 Å². The summed E-state index contributed by atoms with van der Waals surface area (Å²) in [5.74, 6) is -0.600. The van der Waals surface area contributed by atoms with Crippen LogP contribution in [0.1, 0.15) is 23.7 Å². The minimum Gasteiger partial charge on any atom is -0.505 e. The van der Waals surface area contributed by atoms with E-state index in [4.69, 9.17) is 9.79 Å². The van der Waals surface area contributed by atoms with E-state index in [-0.39, 0.29) is 28.4 Å². The number of aryl methyl sites for hydroxylation is 1. The van der Waals surface area contributed by atoms with Gasteiger partial charge in [0.05, 0.1) is 29.3 Å². The average Bonchev–Trinajstić information content (AvgIpc) is 2.93. The highest BCUT2D eigenvalue weighted by Crippen LogP contribution is 2.38. The molecule has 0 unspecified atom stereocenters. The minimum absolute atomic E-state index is 0.189. The maximum Gasteiger partial charge on any atom is 0.469 e. The van der Waals surface area contributed by atoms with Gasteiger partial charge in [-0.2, -0.15) is 10.1 Å². The quantitative estimate of drug-likeness (QED) is 0.516. The molecular weight excluding hydrogens is 385 g/mol. The van der Waals surface area contributed by atoms with Gasteiger partial charge in [-0.05, 0) is 32.1 Å². The highest BCUT2D eigenvalue weighted by Gasteiger charge is 2.29. The number of phosphoric acid groups is 1. The van der Waals surface area contributed by atoms with Gasteiger partial charge in [-0.15, -0.1) is 0 Å². The lowest BCUT2D eigenvalue weighted by Crippen LogP contribution is -2.21. The number of aromatic nitrogens is 1. The van der Waals surface area contributed by atoms with Crippen molar-refractivity contribution in [2.45, 2.75) is 20.5 Å². The minimum atomic E-state index is -4.72. The maximum atomic E-state index is 12.8. The Bertz CT molecular complexity index is 1030. The number of hydrazone groups is 1. The average molecular weight is 403 g/mol. The Labute approximate surface area is 160 Å². The monoisotopic (exact) mass is 403 g/mol. The number of phosphoric ester groups is 1. The van der Waals surface area contributed by atoms with Crippen LogP contribution in [0, 0.1) is 6.92 Å². The fourth-order valence-electron chi connectivity index (χ4n) is 2.65. The molecule has 0 saturated heterocycles. The van der Waals surface area contributed by atoms with E-state index in [0.717, 1.165) is 0 Å². The number of anilines is 1. The summed E-state index contributed by atoms with van der Waals surface area (Å²) in [5.41, 5.74) is 1.97. The largest absolute Gasteiger partial charge is 0.505 e. The zero-order valence-electron chi connectivity index (χ0n) is 15.1. The molecule has 1 amide bonds. The molecule has 0 saturated carbocycles. The molecule has 1 aliphatic heterocycles. The number of aromatic hydroxyl groups is 1. The highest BCUT2D eigenvalue weighted by atomic mass is 31.2. The lowest BCUT2D eigenvalue weighted by molar-refractivity contribution is -0.114. The zero-order chi connectivity index (χ0) is 20.5. The molecular formula is C18H18N3O6P. The number of hydrogen-bond acceptors (Lipinski definition) is 6. The third-order valence-corrected chi connectivity index (χ3v) is 4.56. The molecule has 3 N–H and O–H groups in total. The predicted molar refractivity (Wildman–Crippen MR) is 102 cm³/mol. The summed E-state index contributed by atoms with van der Waals surface area (Å²) in [7, 11) is -4.72. The normalized spacial score (nSPS) is 16.0. The molecule has 1 aromatic carbocycles. The summed E-state index contributed by atoms with van der Waals surface area (Å²) in [6.45, 7) is 2.74. The van der Waals surface area contributed by atoms with Gasteiger partial charge in [0.2, 0.25) is 0 Å². The Morgan fingerprint density at radius 1 is 1.21 bits per heavy atom. The third kappa shape index (κ3) is 4.18. The molecule has 10 heteroatoms. The van der Waals surface area contributed by atoms with Crippen LogP contribution in [0.3, 0.4) is 0 Å². The van der Waals surface area contributed by atoms with Gasteiger partial charge >= 0.3 is 7.82 Å². The molecule has 3 rings (SSSR count). The summed E-state index contributed by atoms with van der Waals surface area (Å²) in [6, 6.07) is 8.87. The summed E-state index contributed by atoms with van der Waals surface area (Å²) in [6.07, 6.45) is 2.75. The van der Waals surface area contributed by atoms with E-state index in [9.17, 15) is 14.5 Å². The standard InChI is InChI=1S/C18H18N3O6P/c1-11-15(18(23)21(20-11)14-6-4-3-5-7-14)8-16-13(10-27-28(24,25)26)9-19-12(2)17(16)22/h3-9,22H,10H2,1-2H3,(H2,24,25,26)/b15-8+. The van der Waals surface area contributed by atoms with Gasteiger partial charge < -0.3 is 14.9 Å². The van der Waals surface area contributed by atoms with Crippen molar-refractivity contribution in [3.8, 4) is 5.75 Å². The Morgan fingerprint density at radius 3 is 2.54 bits per heavy atom. The van der Waals surface area contributed by atoms with Crippen molar-refractivity contribution in [2.75, 3.05) is 5.01 Å². The van der Waals surface area contributed by atoms with E-state index in [1.807, 2.05) is 6.07 Å². The van der Waals surface area contributed by atoms with Crippen molar-refractivity contribution < 1.29 is 28.8 Å². The van der Waals surface area contributed by atoms with Crippen LogP contribution in [-0.2, 0) is 20.5 Å². The van der Waals surface area contributed by atoms with Gasteiger partial charge in [-0.25, -0.2) is 4.57 Å². The van der Waals surface area contributed by atoms with Crippen LogP contribution < -0.4 is 5.01 Å². The molecule has 9 nitrogen and oxygen atoms in total. The van der Waals surface area contributed by atoms with Crippen molar-refractivity contribution >= 4 is 31.2 Å². The van der Waals surface area contributed by atoms with E-state index >= 15 is 0 Å². The first-order valence-electron chi connectivity index (χ1n) is 8.21. The number of nitrogens with zero attached hydrogens (tertiary/aromatic N) is 3. The maximum absolute atomic E-state index is 12.8. The number of hydrogen-bond donors (Lipinski definition) is 3. The van der Waals surface area contributed by atoms with Gasteiger partial charge in [0.1, 0.15) is 5.75 Å². The van der Waals surface area contributed by atoms with Crippen LogP contribution in [0.4, 0.5) is 5.69 Å². The topological polar surface area (TPSA) is 133 Å². The van der Waals surface area contributed by atoms with E-state index in [1.165, 1.54) is 17.3 Å². The Balaban J connectivity index is 2.01. The first-order chi connectivity index (χ1) is 13.2. The van der Waals surface area contributed by atoms with Crippen LogP contribution in [0.2, 0.25) is 0 Å². The molecule has 1 aromatic heterocycles. The van der Waals surface area contributed by atoms with E-state index in [0.29, 0.717) is 17.1 Å². The number of para-hydroxylation sites is 1. The second kappa shape index (κ2) is 7.65. The number of carbonyl (C=O) groups is 1. The molecule has 2 aromatic rings. The van der Waals surface area contributed by atoms with Crippen molar-refractivity contribution in [1.29, 1.82) is 0 Å². The van der Waals surface area contributed by atoms with Gasteiger partial charge in [-0.1, -0.05) is 18.2 Å². The Morgan fingerprint density at radius 2 is 1.89 bits per heavy atom. The molecule has 0 fully saturated rings. The summed E-state index contributed by atoms with van der Waals surface area (Å²) in [5, 5.41) is 15.9. The van der Waals surface area contributed by atoms with Crippen molar-refractivity contribution in [3.63, 3.8) is 0 Å². The third-order valence-electron chi connectivity index (χ3n) is 4.10. The van der Waals surface area contributed by atoms with Crippen LogP contribution in [0.5, 0.6) is 5.75 Å².